The molecule has 0 saturated heterocycles. The largest absolute Gasteiger partial charge is 0.478 e. The smallest absolute Gasteiger partial charge is 0.331 e. The van der Waals surface area contributed by atoms with Crippen molar-refractivity contribution in [3.05, 3.63) is 83.9 Å². The molecule has 4 nitrogen and oxygen atoms in total. The number of aliphatic carboxylic acids is 1. The molecule has 112 valence electrons. The second kappa shape index (κ2) is 7.78. The summed E-state index contributed by atoms with van der Waals surface area (Å²) in [6.45, 7) is 0.150. The Morgan fingerprint density at radius 3 is 1.86 bits per heavy atom. The molecule has 2 aromatic rings. The molecule has 0 aliphatic rings. The SMILES string of the molecule is O=C(O)C=CC(=O)OCC(c1ccccc1)c1ccccc1. The summed E-state index contributed by atoms with van der Waals surface area (Å²) in [5.41, 5.74) is 2.06. The van der Waals surface area contributed by atoms with E-state index >= 15 is 0 Å². The summed E-state index contributed by atoms with van der Waals surface area (Å²) in [4.78, 5) is 21.9. The summed E-state index contributed by atoms with van der Waals surface area (Å²) in [5, 5.41) is 8.50. The molecule has 4 heteroatoms. The van der Waals surface area contributed by atoms with Crippen LogP contribution in [0.3, 0.4) is 0 Å². The Kier molecular flexibility index (Phi) is 5.49. The maximum Gasteiger partial charge on any atom is 0.331 e. The molecule has 0 spiro atoms. The number of hydrogen-bond acceptors (Lipinski definition) is 3. The molecule has 0 atom stereocenters. The van der Waals surface area contributed by atoms with Gasteiger partial charge in [-0.2, -0.15) is 0 Å². The molecule has 0 radical (unpaired) electrons. The predicted octanol–water partition coefficient (Wildman–Crippen LogP) is 3.00. The van der Waals surface area contributed by atoms with Crippen LogP contribution in [0.2, 0.25) is 0 Å². The number of carbonyl (C=O) groups is 2. The first-order valence-corrected chi connectivity index (χ1v) is 6.84. The van der Waals surface area contributed by atoms with E-state index in [1.54, 1.807) is 0 Å². The van der Waals surface area contributed by atoms with E-state index in [9.17, 15) is 9.59 Å². The minimum absolute atomic E-state index is 0.0930. The second-order valence-electron chi connectivity index (χ2n) is 4.68. The van der Waals surface area contributed by atoms with E-state index in [0.29, 0.717) is 0 Å². The maximum atomic E-state index is 11.5. The average molecular weight is 296 g/mol. The molecule has 0 bridgehead atoms. The Hall–Kier alpha value is -2.88. The zero-order valence-corrected chi connectivity index (χ0v) is 11.9. The van der Waals surface area contributed by atoms with Gasteiger partial charge < -0.3 is 9.84 Å². The fourth-order valence-corrected chi connectivity index (χ4v) is 2.11. The average Bonchev–Trinajstić information content (AvgIpc) is 2.55. The van der Waals surface area contributed by atoms with Crippen molar-refractivity contribution in [2.45, 2.75) is 5.92 Å². The zero-order valence-electron chi connectivity index (χ0n) is 11.9. The molecule has 0 aliphatic heterocycles. The summed E-state index contributed by atoms with van der Waals surface area (Å²) >= 11 is 0. The van der Waals surface area contributed by atoms with Gasteiger partial charge in [-0.1, -0.05) is 60.7 Å². The number of carbonyl (C=O) groups excluding carboxylic acids is 1. The topological polar surface area (TPSA) is 63.6 Å². The van der Waals surface area contributed by atoms with Crippen molar-refractivity contribution in [2.24, 2.45) is 0 Å². The maximum absolute atomic E-state index is 11.5. The van der Waals surface area contributed by atoms with Crippen LogP contribution in [-0.2, 0) is 14.3 Å². The number of carboxylic acids is 1. The van der Waals surface area contributed by atoms with Gasteiger partial charge in [0.2, 0.25) is 0 Å². The van der Waals surface area contributed by atoms with Crippen molar-refractivity contribution in [3.63, 3.8) is 0 Å². The van der Waals surface area contributed by atoms with Gasteiger partial charge in [-0.05, 0) is 11.1 Å². The van der Waals surface area contributed by atoms with Crippen molar-refractivity contribution in [2.75, 3.05) is 6.61 Å². The molecule has 0 fully saturated rings. The van der Waals surface area contributed by atoms with Crippen LogP contribution >= 0.6 is 0 Å². The third kappa shape index (κ3) is 4.59. The number of carboxylic acid groups (broad SMARTS) is 1. The van der Waals surface area contributed by atoms with Crippen LogP contribution in [0.5, 0.6) is 0 Å². The molecule has 2 rings (SSSR count). The Labute approximate surface area is 128 Å². The Bertz CT molecular complexity index is 608. The van der Waals surface area contributed by atoms with Crippen LogP contribution in [-0.4, -0.2) is 23.7 Å². The second-order valence-corrected chi connectivity index (χ2v) is 4.68. The molecule has 1 N–H and O–H groups in total. The van der Waals surface area contributed by atoms with Crippen molar-refractivity contribution >= 4 is 11.9 Å². The summed E-state index contributed by atoms with van der Waals surface area (Å²) in [5.74, 6) is -1.94. The van der Waals surface area contributed by atoms with Crippen LogP contribution in [0.1, 0.15) is 17.0 Å². The highest BCUT2D eigenvalue weighted by molar-refractivity contribution is 5.90. The first kappa shape index (κ1) is 15.5. The number of ether oxygens (including phenoxy) is 1. The molecule has 0 aliphatic carbocycles. The summed E-state index contributed by atoms with van der Waals surface area (Å²) in [6, 6.07) is 19.4. The van der Waals surface area contributed by atoms with Crippen molar-refractivity contribution in [1.82, 2.24) is 0 Å². The standard InChI is InChI=1S/C18H16O4/c19-17(20)11-12-18(21)22-13-16(14-7-3-1-4-8-14)15-9-5-2-6-10-15/h1-12,16H,13H2,(H,19,20). The van der Waals surface area contributed by atoms with Gasteiger partial charge in [0.05, 0.1) is 0 Å². The van der Waals surface area contributed by atoms with Gasteiger partial charge in [0.15, 0.2) is 0 Å². The van der Waals surface area contributed by atoms with Gasteiger partial charge in [-0.25, -0.2) is 9.59 Å². The van der Waals surface area contributed by atoms with E-state index in [4.69, 9.17) is 9.84 Å². The fraction of sp³-hybridized carbons (Fsp3) is 0.111. The molecule has 0 heterocycles. The lowest BCUT2D eigenvalue weighted by Crippen LogP contribution is -2.13. The molecule has 22 heavy (non-hydrogen) atoms. The van der Waals surface area contributed by atoms with E-state index in [0.717, 1.165) is 23.3 Å². The lowest BCUT2D eigenvalue weighted by molar-refractivity contribution is -0.139. The predicted molar refractivity (Wildman–Crippen MR) is 82.5 cm³/mol. The van der Waals surface area contributed by atoms with E-state index in [1.807, 2.05) is 60.7 Å². The first-order valence-electron chi connectivity index (χ1n) is 6.84. The van der Waals surface area contributed by atoms with Gasteiger partial charge in [0.1, 0.15) is 6.61 Å². The van der Waals surface area contributed by atoms with Gasteiger partial charge >= 0.3 is 11.9 Å². The van der Waals surface area contributed by atoms with E-state index in [1.165, 1.54) is 0 Å². The van der Waals surface area contributed by atoms with Gasteiger partial charge in [-0.15, -0.1) is 0 Å². The van der Waals surface area contributed by atoms with Crippen LogP contribution in [0, 0.1) is 0 Å². The molecule has 0 unspecified atom stereocenters. The minimum atomic E-state index is -1.18. The normalized spacial score (nSPS) is 10.8. The van der Waals surface area contributed by atoms with Gasteiger partial charge in [0, 0.05) is 18.1 Å². The third-order valence-corrected chi connectivity index (χ3v) is 3.16. The highest BCUT2D eigenvalue weighted by Crippen LogP contribution is 2.24. The van der Waals surface area contributed by atoms with Crippen LogP contribution in [0.25, 0.3) is 0 Å². The lowest BCUT2D eigenvalue weighted by Gasteiger charge is -2.17. The molecule has 0 saturated carbocycles. The zero-order chi connectivity index (χ0) is 15.8. The molecular weight excluding hydrogens is 280 g/mol. The van der Waals surface area contributed by atoms with Crippen molar-refractivity contribution < 1.29 is 19.4 Å². The van der Waals surface area contributed by atoms with E-state index in [2.05, 4.69) is 0 Å². The first-order chi connectivity index (χ1) is 10.7. The molecule has 2 aromatic carbocycles. The number of esters is 1. The summed E-state index contributed by atoms with van der Waals surface area (Å²) < 4.78 is 5.17. The quantitative estimate of drug-likeness (QED) is 0.657. The molecular formula is C18H16O4. The van der Waals surface area contributed by atoms with E-state index < -0.39 is 11.9 Å². The minimum Gasteiger partial charge on any atom is -0.478 e. The Morgan fingerprint density at radius 2 is 1.41 bits per heavy atom. The fourth-order valence-electron chi connectivity index (χ4n) is 2.11. The van der Waals surface area contributed by atoms with Crippen molar-refractivity contribution in [1.29, 1.82) is 0 Å². The highest BCUT2D eigenvalue weighted by Gasteiger charge is 2.15. The number of hydrogen-bond donors (Lipinski definition) is 1. The Balaban J connectivity index is 2.13. The van der Waals surface area contributed by atoms with Gasteiger partial charge in [0.25, 0.3) is 0 Å². The monoisotopic (exact) mass is 296 g/mol. The highest BCUT2D eigenvalue weighted by atomic mass is 16.5. The Morgan fingerprint density at radius 1 is 0.909 bits per heavy atom. The molecule has 0 amide bonds. The van der Waals surface area contributed by atoms with Crippen LogP contribution in [0.4, 0.5) is 0 Å². The molecule has 0 aromatic heterocycles. The number of rotatable bonds is 6. The van der Waals surface area contributed by atoms with Crippen molar-refractivity contribution in [3.8, 4) is 0 Å². The summed E-state index contributed by atoms with van der Waals surface area (Å²) in [6.07, 6.45) is 1.68. The lowest BCUT2D eigenvalue weighted by atomic mass is 9.92. The van der Waals surface area contributed by atoms with E-state index in [-0.39, 0.29) is 12.5 Å². The third-order valence-electron chi connectivity index (χ3n) is 3.16. The van der Waals surface area contributed by atoms with Gasteiger partial charge in [-0.3, -0.25) is 0 Å². The number of benzene rings is 2. The summed E-state index contributed by atoms with van der Waals surface area (Å²) in [7, 11) is 0. The van der Waals surface area contributed by atoms with Crippen LogP contribution < -0.4 is 0 Å². The van der Waals surface area contributed by atoms with Crippen LogP contribution in [0.15, 0.2) is 72.8 Å².